The Hall–Kier alpha value is -5.07. The predicted molar refractivity (Wildman–Crippen MR) is 136 cm³/mol. The lowest BCUT2D eigenvalue weighted by Crippen LogP contribution is -2.22. The summed E-state index contributed by atoms with van der Waals surface area (Å²) in [7, 11) is 0. The number of fused-ring (bicyclic) bond motifs is 4. The summed E-state index contributed by atoms with van der Waals surface area (Å²) in [6, 6.07) is 6.51. The van der Waals surface area contributed by atoms with Crippen molar-refractivity contribution in [2.75, 3.05) is 11.9 Å². The van der Waals surface area contributed by atoms with Crippen LogP contribution in [-0.4, -0.2) is 41.8 Å². The standard InChI is InChI=1S/C27H18F4N6O3/c1-2-32-19-9-14(28)8-16-15(19)10-20-23(16)24(37-6-4-21(35-37)27(29,30)31)17(11-33-20)13-3-5-36-22(7-13)34-12-18(25(36)38)26(39)40/h3-9,11-12,32H,2,10H2,1H3,(H,39,40). The number of alkyl halides is 3. The van der Waals surface area contributed by atoms with Crippen LogP contribution in [-0.2, 0) is 12.6 Å². The number of carboxylic acids is 1. The molecule has 0 unspecified atom stereocenters. The fraction of sp³-hybridized carbons (Fsp3) is 0.148. The Balaban J connectivity index is 1.63. The number of aromatic carboxylic acids is 1. The molecule has 0 spiro atoms. The van der Waals surface area contributed by atoms with Gasteiger partial charge in [-0.05, 0) is 53.9 Å². The number of hydrogen-bond acceptors (Lipinski definition) is 6. The fourth-order valence-corrected chi connectivity index (χ4v) is 4.96. The molecule has 9 nitrogen and oxygen atoms in total. The molecule has 0 saturated carbocycles. The third-order valence-electron chi connectivity index (χ3n) is 6.69. The van der Waals surface area contributed by atoms with E-state index in [1.54, 1.807) is 0 Å². The molecule has 0 bridgehead atoms. The highest BCUT2D eigenvalue weighted by molar-refractivity contribution is 5.92. The number of benzene rings is 1. The maximum absolute atomic E-state index is 14.7. The van der Waals surface area contributed by atoms with Gasteiger partial charge < -0.3 is 10.4 Å². The summed E-state index contributed by atoms with van der Waals surface area (Å²) in [6.07, 6.45) is 0.544. The van der Waals surface area contributed by atoms with E-state index in [2.05, 4.69) is 20.4 Å². The van der Waals surface area contributed by atoms with Gasteiger partial charge in [-0.3, -0.25) is 14.2 Å². The second-order valence-corrected chi connectivity index (χ2v) is 9.10. The summed E-state index contributed by atoms with van der Waals surface area (Å²) in [5.41, 5.74) is 1.43. The molecule has 1 aliphatic rings. The lowest BCUT2D eigenvalue weighted by molar-refractivity contribution is -0.141. The number of pyridine rings is 2. The van der Waals surface area contributed by atoms with E-state index in [9.17, 15) is 32.3 Å². The first kappa shape index (κ1) is 25.2. The molecule has 0 radical (unpaired) electrons. The number of aromatic nitrogens is 5. The lowest BCUT2D eigenvalue weighted by atomic mass is 9.98. The van der Waals surface area contributed by atoms with E-state index < -0.39 is 34.8 Å². The van der Waals surface area contributed by atoms with Crippen LogP contribution in [0.2, 0.25) is 0 Å². The molecule has 5 aromatic rings. The molecule has 2 N–H and O–H groups in total. The number of hydrogen-bond donors (Lipinski definition) is 2. The molecule has 0 saturated heterocycles. The zero-order valence-corrected chi connectivity index (χ0v) is 20.6. The molecule has 4 aromatic heterocycles. The molecule has 6 rings (SSSR count). The van der Waals surface area contributed by atoms with Crippen LogP contribution in [0.1, 0.15) is 34.2 Å². The third kappa shape index (κ3) is 3.97. The van der Waals surface area contributed by atoms with Crippen molar-refractivity contribution in [3.63, 3.8) is 0 Å². The van der Waals surface area contributed by atoms with Gasteiger partial charge >= 0.3 is 12.1 Å². The highest BCUT2D eigenvalue weighted by Crippen LogP contribution is 2.46. The van der Waals surface area contributed by atoms with Crippen LogP contribution in [0.5, 0.6) is 0 Å². The summed E-state index contributed by atoms with van der Waals surface area (Å²) < 4.78 is 57.4. The average Bonchev–Trinajstić information content (AvgIpc) is 3.54. The van der Waals surface area contributed by atoms with Gasteiger partial charge in [-0.25, -0.2) is 18.9 Å². The Kier molecular flexibility index (Phi) is 5.68. The topological polar surface area (TPSA) is 114 Å². The first-order valence-electron chi connectivity index (χ1n) is 12.0. The lowest BCUT2D eigenvalue weighted by Gasteiger charge is -2.16. The van der Waals surface area contributed by atoms with Crippen molar-refractivity contribution in [2.24, 2.45) is 0 Å². The van der Waals surface area contributed by atoms with Crippen LogP contribution >= 0.6 is 0 Å². The number of halogens is 4. The van der Waals surface area contributed by atoms with Crippen molar-refractivity contribution in [2.45, 2.75) is 19.5 Å². The van der Waals surface area contributed by atoms with Gasteiger partial charge in [0.15, 0.2) is 5.69 Å². The van der Waals surface area contributed by atoms with Crippen molar-refractivity contribution in [1.29, 1.82) is 0 Å². The van der Waals surface area contributed by atoms with E-state index in [0.717, 1.165) is 26.9 Å². The van der Waals surface area contributed by atoms with E-state index in [1.807, 2.05) is 6.92 Å². The van der Waals surface area contributed by atoms with E-state index in [-0.39, 0.29) is 11.3 Å². The van der Waals surface area contributed by atoms with Crippen LogP contribution in [0.4, 0.5) is 23.2 Å². The minimum Gasteiger partial charge on any atom is -0.477 e. The maximum Gasteiger partial charge on any atom is 0.435 e. The average molecular weight is 550 g/mol. The Morgan fingerprint density at radius 2 is 1.90 bits per heavy atom. The number of nitrogens with one attached hydrogen (secondary N) is 1. The first-order chi connectivity index (χ1) is 19.1. The van der Waals surface area contributed by atoms with Crippen LogP contribution in [0.15, 0.2) is 59.9 Å². The summed E-state index contributed by atoms with van der Waals surface area (Å²) in [5.74, 6) is -1.96. The van der Waals surface area contributed by atoms with Crippen molar-refractivity contribution in [3.05, 3.63) is 93.8 Å². The molecule has 0 amide bonds. The second-order valence-electron chi connectivity index (χ2n) is 9.10. The molecule has 1 aromatic carbocycles. The molecule has 202 valence electrons. The number of carbonyl (C=O) groups is 1. The van der Waals surface area contributed by atoms with Crippen LogP contribution in [0.3, 0.4) is 0 Å². The van der Waals surface area contributed by atoms with Crippen molar-refractivity contribution >= 4 is 17.3 Å². The summed E-state index contributed by atoms with van der Waals surface area (Å²) in [4.78, 5) is 32.6. The predicted octanol–water partition coefficient (Wildman–Crippen LogP) is 4.80. The van der Waals surface area contributed by atoms with Crippen LogP contribution < -0.4 is 10.9 Å². The van der Waals surface area contributed by atoms with Gasteiger partial charge in [0.05, 0.1) is 11.4 Å². The molecule has 4 heterocycles. The smallest absolute Gasteiger partial charge is 0.435 e. The molecule has 13 heteroatoms. The maximum atomic E-state index is 14.7. The number of rotatable bonds is 5. The van der Waals surface area contributed by atoms with Crippen LogP contribution in [0, 0.1) is 5.82 Å². The fourth-order valence-electron chi connectivity index (χ4n) is 4.96. The van der Waals surface area contributed by atoms with Gasteiger partial charge in [-0.1, -0.05) is 0 Å². The minimum atomic E-state index is -4.69. The molecule has 0 atom stereocenters. The Morgan fingerprint density at radius 1 is 1.10 bits per heavy atom. The van der Waals surface area contributed by atoms with E-state index in [4.69, 9.17) is 0 Å². The largest absolute Gasteiger partial charge is 0.477 e. The van der Waals surface area contributed by atoms with E-state index in [1.165, 1.54) is 42.9 Å². The summed E-state index contributed by atoms with van der Waals surface area (Å²) >= 11 is 0. The molecule has 0 aliphatic heterocycles. The summed E-state index contributed by atoms with van der Waals surface area (Å²) in [6.45, 7) is 2.39. The van der Waals surface area contributed by atoms with Gasteiger partial charge in [0.2, 0.25) is 0 Å². The molecular formula is C27H18F4N6O3. The quantitative estimate of drug-likeness (QED) is 0.297. The molecule has 0 fully saturated rings. The highest BCUT2D eigenvalue weighted by atomic mass is 19.4. The number of carboxylic acid groups (broad SMARTS) is 1. The van der Waals surface area contributed by atoms with E-state index >= 15 is 0 Å². The zero-order valence-electron chi connectivity index (χ0n) is 20.6. The Morgan fingerprint density at radius 3 is 2.60 bits per heavy atom. The molecular weight excluding hydrogens is 532 g/mol. The second kappa shape index (κ2) is 9.00. The SMILES string of the molecule is CCNc1cc(F)cc2c1Cc1ncc(-c3ccn4c(=O)c(C(=O)O)cnc4c3)c(-n3ccc(C(F)(F)F)n3)c1-2. The highest BCUT2D eigenvalue weighted by Gasteiger charge is 2.35. The monoisotopic (exact) mass is 550 g/mol. The van der Waals surface area contributed by atoms with Gasteiger partial charge in [0.1, 0.15) is 17.0 Å². The van der Waals surface area contributed by atoms with E-state index in [0.29, 0.717) is 46.6 Å². The van der Waals surface area contributed by atoms with Crippen molar-refractivity contribution in [3.8, 4) is 27.9 Å². The van der Waals surface area contributed by atoms with Gasteiger partial charge in [0.25, 0.3) is 5.56 Å². The van der Waals surface area contributed by atoms with Crippen LogP contribution in [0.25, 0.3) is 33.6 Å². The molecule has 40 heavy (non-hydrogen) atoms. The molecule has 1 aliphatic carbocycles. The Labute approximate surface area is 222 Å². The normalized spacial score (nSPS) is 12.4. The van der Waals surface area contributed by atoms with Crippen molar-refractivity contribution in [1.82, 2.24) is 24.1 Å². The first-order valence-corrected chi connectivity index (χ1v) is 12.0. The summed E-state index contributed by atoms with van der Waals surface area (Å²) in [5, 5.41) is 16.2. The minimum absolute atomic E-state index is 0.108. The number of nitrogens with zero attached hydrogens (tertiary/aromatic N) is 5. The van der Waals surface area contributed by atoms with Gasteiger partial charge in [-0.2, -0.15) is 18.3 Å². The van der Waals surface area contributed by atoms with Gasteiger partial charge in [0, 0.05) is 54.6 Å². The Bertz CT molecular complexity index is 1910. The zero-order chi connectivity index (χ0) is 28.3. The van der Waals surface area contributed by atoms with Crippen molar-refractivity contribution < 1.29 is 27.5 Å². The van der Waals surface area contributed by atoms with Gasteiger partial charge in [-0.15, -0.1) is 0 Å². The third-order valence-corrected chi connectivity index (χ3v) is 6.69. The number of anilines is 1.